The maximum absolute atomic E-state index is 13.2. The highest BCUT2D eigenvalue weighted by molar-refractivity contribution is 5.58. The van der Waals surface area contributed by atoms with Crippen molar-refractivity contribution < 1.29 is 13.7 Å². The first kappa shape index (κ1) is 15.6. The Morgan fingerprint density at radius 3 is 2.81 bits per heavy atom. The standard InChI is InChI=1S/C14H19F2N3O2/c1-2-18(9-10-4-3-7-17-10)13-6-5-11(19(20)21)8-12(13)14(15)16/h5-6,8,10,14,17H,2-4,7,9H2,1H3. The summed E-state index contributed by atoms with van der Waals surface area (Å²) in [5.74, 6) is 0. The van der Waals surface area contributed by atoms with Crippen molar-refractivity contribution in [3.05, 3.63) is 33.9 Å². The number of halogens is 2. The second kappa shape index (κ2) is 6.80. The number of benzene rings is 1. The molecular formula is C14H19F2N3O2. The van der Waals surface area contributed by atoms with Gasteiger partial charge in [-0.25, -0.2) is 8.78 Å². The Morgan fingerprint density at radius 2 is 2.29 bits per heavy atom. The monoisotopic (exact) mass is 299 g/mol. The minimum atomic E-state index is -2.73. The number of likely N-dealkylation sites (N-methyl/N-ethyl adjacent to an activating group) is 1. The van der Waals surface area contributed by atoms with Crippen molar-refractivity contribution >= 4 is 11.4 Å². The lowest BCUT2D eigenvalue weighted by Crippen LogP contribution is -2.38. The highest BCUT2D eigenvalue weighted by atomic mass is 19.3. The third-order valence-corrected chi connectivity index (χ3v) is 3.78. The van der Waals surface area contributed by atoms with Gasteiger partial charge in [0.05, 0.1) is 4.92 Å². The Kier molecular flexibility index (Phi) is 5.06. The van der Waals surface area contributed by atoms with Crippen LogP contribution >= 0.6 is 0 Å². The summed E-state index contributed by atoms with van der Waals surface area (Å²) in [4.78, 5) is 11.9. The molecule has 1 atom stereocenters. The lowest BCUT2D eigenvalue weighted by molar-refractivity contribution is -0.385. The zero-order valence-corrected chi connectivity index (χ0v) is 11.9. The molecule has 1 aromatic carbocycles. The number of rotatable bonds is 6. The molecule has 5 nitrogen and oxygen atoms in total. The smallest absolute Gasteiger partial charge is 0.270 e. The lowest BCUT2D eigenvalue weighted by Gasteiger charge is -2.28. The molecule has 1 aliphatic heterocycles. The maximum Gasteiger partial charge on any atom is 0.270 e. The van der Waals surface area contributed by atoms with Gasteiger partial charge in [-0.15, -0.1) is 0 Å². The molecule has 1 saturated heterocycles. The number of nitro benzene ring substituents is 1. The third kappa shape index (κ3) is 3.66. The normalized spacial score (nSPS) is 18.2. The van der Waals surface area contributed by atoms with Crippen LogP contribution in [0.1, 0.15) is 31.8 Å². The molecule has 2 rings (SSSR count). The van der Waals surface area contributed by atoms with Crippen LogP contribution in [0.4, 0.5) is 20.2 Å². The number of nitro groups is 1. The maximum atomic E-state index is 13.2. The van der Waals surface area contributed by atoms with E-state index < -0.39 is 11.3 Å². The van der Waals surface area contributed by atoms with Gasteiger partial charge in [-0.05, 0) is 32.4 Å². The summed E-state index contributed by atoms with van der Waals surface area (Å²) < 4.78 is 26.4. The van der Waals surface area contributed by atoms with Gasteiger partial charge in [0.25, 0.3) is 12.1 Å². The highest BCUT2D eigenvalue weighted by Crippen LogP contribution is 2.33. The zero-order chi connectivity index (χ0) is 15.4. The van der Waals surface area contributed by atoms with E-state index >= 15 is 0 Å². The highest BCUT2D eigenvalue weighted by Gasteiger charge is 2.23. The van der Waals surface area contributed by atoms with Crippen LogP contribution < -0.4 is 10.2 Å². The topological polar surface area (TPSA) is 58.4 Å². The fourth-order valence-corrected chi connectivity index (χ4v) is 2.69. The number of hydrogen-bond donors (Lipinski definition) is 1. The van der Waals surface area contributed by atoms with E-state index in [1.807, 2.05) is 11.8 Å². The second-order valence-corrected chi connectivity index (χ2v) is 5.13. The number of non-ortho nitro benzene ring substituents is 1. The van der Waals surface area contributed by atoms with Crippen LogP contribution in [0.5, 0.6) is 0 Å². The van der Waals surface area contributed by atoms with E-state index in [9.17, 15) is 18.9 Å². The molecule has 1 unspecified atom stereocenters. The minimum Gasteiger partial charge on any atom is -0.370 e. The van der Waals surface area contributed by atoms with E-state index in [2.05, 4.69) is 5.32 Å². The molecule has 0 bridgehead atoms. The summed E-state index contributed by atoms with van der Waals surface area (Å²) in [6.07, 6.45) is -0.622. The Bertz CT molecular complexity index is 505. The zero-order valence-electron chi connectivity index (χ0n) is 11.9. The van der Waals surface area contributed by atoms with E-state index in [0.29, 0.717) is 18.8 Å². The third-order valence-electron chi connectivity index (χ3n) is 3.78. The van der Waals surface area contributed by atoms with Gasteiger partial charge in [-0.3, -0.25) is 10.1 Å². The average molecular weight is 299 g/mol. The van der Waals surface area contributed by atoms with E-state index in [1.165, 1.54) is 12.1 Å². The van der Waals surface area contributed by atoms with Crippen molar-refractivity contribution in [1.82, 2.24) is 5.32 Å². The van der Waals surface area contributed by atoms with Crippen molar-refractivity contribution in [1.29, 1.82) is 0 Å². The van der Waals surface area contributed by atoms with Crippen molar-refractivity contribution in [2.75, 3.05) is 24.5 Å². The number of alkyl halides is 2. The summed E-state index contributed by atoms with van der Waals surface area (Å²) in [7, 11) is 0. The van der Waals surface area contributed by atoms with Crippen LogP contribution in [0, 0.1) is 10.1 Å². The predicted octanol–water partition coefficient (Wildman–Crippen LogP) is 3.11. The molecule has 1 aromatic rings. The Labute approximate surface area is 122 Å². The van der Waals surface area contributed by atoms with Gasteiger partial charge in [0.1, 0.15) is 0 Å². The van der Waals surface area contributed by atoms with Crippen LogP contribution in [0.25, 0.3) is 0 Å². The van der Waals surface area contributed by atoms with Gasteiger partial charge >= 0.3 is 0 Å². The quantitative estimate of drug-likeness (QED) is 0.647. The molecule has 1 N–H and O–H groups in total. The molecule has 0 saturated carbocycles. The number of nitrogens with one attached hydrogen (secondary N) is 1. The molecule has 0 spiro atoms. The fraction of sp³-hybridized carbons (Fsp3) is 0.571. The Balaban J connectivity index is 2.28. The van der Waals surface area contributed by atoms with Gasteiger partial charge in [0, 0.05) is 42.5 Å². The second-order valence-electron chi connectivity index (χ2n) is 5.13. The van der Waals surface area contributed by atoms with E-state index in [-0.39, 0.29) is 17.3 Å². The van der Waals surface area contributed by atoms with Gasteiger partial charge < -0.3 is 10.2 Å². The molecule has 1 aliphatic rings. The molecule has 21 heavy (non-hydrogen) atoms. The van der Waals surface area contributed by atoms with Crippen molar-refractivity contribution in [3.8, 4) is 0 Å². The summed E-state index contributed by atoms with van der Waals surface area (Å²) in [6, 6.07) is 3.97. The largest absolute Gasteiger partial charge is 0.370 e. The van der Waals surface area contributed by atoms with E-state index in [0.717, 1.165) is 25.5 Å². The van der Waals surface area contributed by atoms with Crippen molar-refractivity contribution in [2.45, 2.75) is 32.2 Å². The van der Waals surface area contributed by atoms with E-state index in [4.69, 9.17) is 0 Å². The van der Waals surface area contributed by atoms with E-state index in [1.54, 1.807) is 0 Å². The Hall–Kier alpha value is -1.76. The van der Waals surface area contributed by atoms with Crippen molar-refractivity contribution in [3.63, 3.8) is 0 Å². The first-order chi connectivity index (χ1) is 10.0. The molecule has 0 aromatic heterocycles. The molecular weight excluding hydrogens is 280 g/mol. The number of anilines is 1. The molecule has 0 aliphatic carbocycles. The van der Waals surface area contributed by atoms with Crippen LogP contribution in [0.15, 0.2) is 18.2 Å². The fourth-order valence-electron chi connectivity index (χ4n) is 2.69. The van der Waals surface area contributed by atoms with Crippen LogP contribution in [-0.2, 0) is 0 Å². The lowest BCUT2D eigenvalue weighted by atomic mass is 10.1. The SMILES string of the molecule is CCN(CC1CCCN1)c1ccc([N+](=O)[O-])cc1C(F)F. The predicted molar refractivity (Wildman–Crippen MR) is 77.0 cm³/mol. The molecule has 116 valence electrons. The first-order valence-corrected chi connectivity index (χ1v) is 7.07. The Morgan fingerprint density at radius 1 is 1.52 bits per heavy atom. The first-order valence-electron chi connectivity index (χ1n) is 7.07. The summed E-state index contributed by atoms with van der Waals surface area (Å²) in [5, 5.41) is 14.1. The van der Waals surface area contributed by atoms with Crippen LogP contribution in [-0.4, -0.2) is 30.6 Å². The number of nitrogens with zero attached hydrogens (tertiary/aromatic N) is 2. The molecule has 1 fully saturated rings. The van der Waals surface area contributed by atoms with Gasteiger partial charge in [0.2, 0.25) is 0 Å². The van der Waals surface area contributed by atoms with Gasteiger partial charge in [-0.2, -0.15) is 0 Å². The summed E-state index contributed by atoms with van der Waals surface area (Å²) in [6.45, 7) is 4.06. The minimum absolute atomic E-state index is 0.274. The summed E-state index contributed by atoms with van der Waals surface area (Å²) >= 11 is 0. The van der Waals surface area contributed by atoms with Crippen LogP contribution in [0.3, 0.4) is 0 Å². The molecule has 0 radical (unpaired) electrons. The molecule has 0 amide bonds. The van der Waals surface area contributed by atoms with Crippen molar-refractivity contribution in [2.24, 2.45) is 0 Å². The molecule has 1 heterocycles. The van der Waals surface area contributed by atoms with Gasteiger partial charge in [0.15, 0.2) is 0 Å². The summed E-state index contributed by atoms with van der Waals surface area (Å²) in [5.41, 5.74) is -0.194. The molecule has 7 heteroatoms. The number of hydrogen-bond acceptors (Lipinski definition) is 4. The van der Waals surface area contributed by atoms with Gasteiger partial charge in [-0.1, -0.05) is 0 Å². The van der Waals surface area contributed by atoms with Crippen LogP contribution in [0.2, 0.25) is 0 Å². The average Bonchev–Trinajstić information content (AvgIpc) is 2.97.